The van der Waals surface area contributed by atoms with Crippen LogP contribution in [0.25, 0.3) is 31.3 Å². The third-order valence-corrected chi connectivity index (χ3v) is 21.2. The van der Waals surface area contributed by atoms with Crippen LogP contribution in [0.2, 0.25) is 0 Å². The molecular weight excluding hydrogens is 1290 g/mol. The quantitative estimate of drug-likeness (QED) is 0.0602. The van der Waals surface area contributed by atoms with Crippen molar-refractivity contribution in [3.63, 3.8) is 0 Å². The molecule has 0 bridgehead atoms. The van der Waals surface area contributed by atoms with E-state index >= 15 is 0 Å². The summed E-state index contributed by atoms with van der Waals surface area (Å²) in [6.07, 6.45) is 1.41. The molecule has 3 amide bonds. The minimum absolute atomic E-state index is 0.0294. The Morgan fingerprint density at radius 3 is 1.07 bits per heavy atom. The van der Waals surface area contributed by atoms with E-state index in [1.165, 1.54) is 14.7 Å². The van der Waals surface area contributed by atoms with Gasteiger partial charge in [0.15, 0.2) is 23.1 Å². The zero-order valence-electron chi connectivity index (χ0n) is 56.3. The van der Waals surface area contributed by atoms with E-state index in [1.54, 1.807) is 101 Å². The molecule has 6 aromatic heterocycles. The number of benzene rings is 3. The van der Waals surface area contributed by atoms with Gasteiger partial charge in [0.25, 0.3) is 0 Å². The summed E-state index contributed by atoms with van der Waals surface area (Å²) >= 11 is 4.83. The van der Waals surface area contributed by atoms with E-state index in [0.29, 0.717) is 72.9 Å². The van der Waals surface area contributed by atoms with Gasteiger partial charge < -0.3 is 43.6 Å². The molecule has 12 rings (SSSR count). The maximum absolute atomic E-state index is 13.4. The van der Waals surface area contributed by atoms with Gasteiger partial charge in [-0.2, -0.15) is 0 Å². The standard InChI is InChI=1S/C25H29N3O4S.2C24H27N3O4S/c1-15-11-22(32-27-15)25(3,4)24(31)28-13-19(29)12-20(28)21(30)10-7-17-5-8-18(9-6-17)23-16(2)26-14-33-23;2*1-14-10-22(31-26-14)15(2)24(30)27-12-19(28)11-20(27)21(29)9-6-17-4-7-18(8-5-17)23-16(3)25-13-32-23/h5-6,8-9,11,14,19-20,29H,7,10,12-13H2,1-4H3;2*4-5,7-8,10,13,15,19-20,28H,6,9,11-12H2,1-3H3/t19-,20+;15-,19+,20-;15-,19-,20+/m101/s1. The van der Waals surface area contributed by atoms with Crippen molar-refractivity contribution in [1.29, 1.82) is 0 Å². The number of aliphatic hydroxyl groups is 3. The number of aryl methyl sites for hydroxylation is 9. The zero-order valence-corrected chi connectivity index (χ0v) is 58.7. The maximum atomic E-state index is 13.4. The van der Waals surface area contributed by atoms with E-state index in [-0.39, 0.29) is 74.0 Å². The van der Waals surface area contributed by atoms with Crippen LogP contribution >= 0.6 is 34.0 Å². The molecule has 9 heterocycles. The Balaban J connectivity index is 0.000000158. The van der Waals surface area contributed by atoms with Crippen LogP contribution in [-0.4, -0.2) is 152 Å². The summed E-state index contributed by atoms with van der Waals surface area (Å²) in [7, 11) is 0. The smallest absolute Gasteiger partial charge is 0.236 e. The van der Waals surface area contributed by atoms with Crippen LogP contribution < -0.4 is 0 Å². The lowest BCUT2D eigenvalue weighted by molar-refractivity contribution is -0.142. The molecule has 9 aromatic rings. The molecule has 3 fully saturated rings. The van der Waals surface area contributed by atoms with Gasteiger partial charge in [-0.1, -0.05) is 88.3 Å². The summed E-state index contributed by atoms with van der Waals surface area (Å²) in [5.74, 6) is -0.498. The fraction of sp³-hybridized carbons (Fsp3) is 0.425. The first kappa shape index (κ1) is 71.3. The largest absolute Gasteiger partial charge is 0.391 e. The predicted octanol–water partition coefficient (Wildman–Crippen LogP) is 11.2. The molecule has 0 radical (unpaired) electrons. The lowest BCUT2D eigenvalue weighted by Gasteiger charge is -2.31. The van der Waals surface area contributed by atoms with Gasteiger partial charge >= 0.3 is 0 Å². The van der Waals surface area contributed by atoms with Crippen molar-refractivity contribution in [3.05, 3.63) is 176 Å². The highest BCUT2D eigenvalue weighted by atomic mass is 32.1. The number of likely N-dealkylation sites (tertiary alicyclic amines) is 3. The van der Waals surface area contributed by atoms with Gasteiger partial charge in [0, 0.05) is 76.4 Å². The van der Waals surface area contributed by atoms with Crippen LogP contribution in [0.15, 0.2) is 121 Å². The first-order valence-electron chi connectivity index (χ1n) is 32.7. The van der Waals surface area contributed by atoms with E-state index in [2.05, 4.69) is 66.8 Å². The zero-order chi connectivity index (χ0) is 69.4. The Kier molecular flexibility index (Phi) is 23.0. The number of β-amino-alcohol motifs (C(OH)–C–C–N with tert-alkyl or cyclic N) is 3. The number of amides is 3. The number of nitrogens with zero attached hydrogens (tertiary/aromatic N) is 9. The van der Waals surface area contributed by atoms with Crippen molar-refractivity contribution < 1.29 is 57.7 Å². The summed E-state index contributed by atoms with van der Waals surface area (Å²) in [4.78, 5) is 99.4. The number of rotatable bonds is 21. The molecule has 8 atom stereocenters. The number of hydrogen-bond acceptors (Lipinski definition) is 21. The molecule has 21 nitrogen and oxygen atoms in total. The summed E-state index contributed by atoms with van der Waals surface area (Å²) in [5.41, 5.74) is 16.2. The molecule has 3 aromatic carbocycles. The van der Waals surface area contributed by atoms with Gasteiger partial charge in [-0.15, -0.1) is 34.0 Å². The maximum Gasteiger partial charge on any atom is 0.236 e. The molecule has 0 saturated carbocycles. The van der Waals surface area contributed by atoms with Crippen molar-refractivity contribution in [2.24, 2.45) is 0 Å². The fourth-order valence-electron chi connectivity index (χ4n) is 12.6. The lowest BCUT2D eigenvalue weighted by Crippen LogP contribution is -2.48. The number of thiazole rings is 3. The second kappa shape index (κ2) is 31.3. The molecular formula is C73H83N9O12S3. The Bertz CT molecular complexity index is 4030. The Morgan fingerprint density at radius 1 is 0.474 bits per heavy atom. The molecule has 3 aliphatic heterocycles. The van der Waals surface area contributed by atoms with E-state index in [1.807, 2.05) is 73.7 Å². The minimum atomic E-state index is -0.978. The highest BCUT2D eigenvalue weighted by Gasteiger charge is 2.46. The third kappa shape index (κ3) is 17.1. The molecule has 97 heavy (non-hydrogen) atoms. The summed E-state index contributed by atoms with van der Waals surface area (Å²) in [6.45, 7) is 18.8. The van der Waals surface area contributed by atoms with Gasteiger partial charge in [0.1, 0.15) is 16.9 Å². The molecule has 3 N–H and O–H groups in total. The van der Waals surface area contributed by atoms with Gasteiger partial charge in [0.2, 0.25) is 17.7 Å². The molecule has 3 aliphatic rings. The predicted molar refractivity (Wildman–Crippen MR) is 369 cm³/mol. The first-order valence-corrected chi connectivity index (χ1v) is 35.3. The van der Waals surface area contributed by atoms with Crippen molar-refractivity contribution in [1.82, 2.24) is 45.1 Å². The number of Topliss-reactive ketones (excluding diaryl/α,β-unsaturated/α-hetero) is 3. The van der Waals surface area contributed by atoms with Crippen LogP contribution in [0.1, 0.15) is 146 Å². The molecule has 24 heteroatoms. The van der Waals surface area contributed by atoms with Crippen LogP contribution in [-0.2, 0) is 53.4 Å². The van der Waals surface area contributed by atoms with Crippen molar-refractivity contribution >= 4 is 69.1 Å². The minimum Gasteiger partial charge on any atom is -0.391 e. The molecule has 0 aliphatic carbocycles. The number of aromatic nitrogens is 6. The third-order valence-electron chi connectivity index (χ3n) is 18.3. The second-order valence-electron chi connectivity index (χ2n) is 26.1. The fourth-order valence-corrected chi connectivity index (χ4v) is 15.0. The van der Waals surface area contributed by atoms with Crippen molar-refractivity contribution in [3.8, 4) is 31.3 Å². The summed E-state index contributed by atoms with van der Waals surface area (Å²) in [6, 6.07) is 27.8. The number of ketones is 3. The van der Waals surface area contributed by atoms with Crippen LogP contribution in [0, 0.1) is 41.5 Å². The monoisotopic (exact) mass is 1370 g/mol. The average molecular weight is 1370 g/mol. The van der Waals surface area contributed by atoms with Gasteiger partial charge in [-0.05, 0) is 122 Å². The number of aliphatic hydroxyl groups excluding tert-OH is 3. The SMILES string of the molecule is Cc1cc(C(C)(C)C(=O)N2C[C@H](O)C[C@H]2C(=O)CCc2ccc(-c3scnc3C)cc2)on1.Cc1cc([C@@H](C)C(=O)N2C[C@H](O)C[C@H]2C(=O)CCc2ccc(-c3scnc3C)cc2)on1.Cc1cc([C@H](C)C(=O)N2C[C@H](O)C[C@H]2C(=O)CCc2ccc(-c3scnc3C)cc2)on1. The van der Waals surface area contributed by atoms with E-state index < -0.39 is 53.7 Å². The molecule has 0 unspecified atom stereocenters. The van der Waals surface area contributed by atoms with Gasteiger partial charge in [-0.25, -0.2) is 15.0 Å². The van der Waals surface area contributed by atoms with Crippen LogP contribution in [0.4, 0.5) is 0 Å². The van der Waals surface area contributed by atoms with Crippen LogP contribution in [0.5, 0.6) is 0 Å². The summed E-state index contributed by atoms with van der Waals surface area (Å²) in [5, 5.41) is 42.2. The molecule has 3 saturated heterocycles. The van der Waals surface area contributed by atoms with E-state index in [9.17, 15) is 44.1 Å². The number of hydrogen-bond donors (Lipinski definition) is 3. The Morgan fingerprint density at radius 2 is 0.784 bits per heavy atom. The van der Waals surface area contributed by atoms with Gasteiger partial charge in [-0.3, -0.25) is 28.8 Å². The van der Waals surface area contributed by atoms with Crippen molar-refractivity contribution in [2.45, 2.75) is 181 Å². The first-order chi connectivity index (χ1) is 46.3. The highest BCUT2D eigenvalue weighted by molar-refractivity contribution is 7.14. The topological polar surface area (TPSA) is 290 Å². The van der Waals surface area contributed by atoms with E-state index in [4.69, 9.17) is 13.6 Å². The molecule has 0 spiro atoms. The highest BCUT2D eigenvalue weighted by Crippen LogP contribution is 2.35. The van der Waals surface area contributed by atoms with E-state index in [0.717, 1.165) is 65.1 Å². The number of carbonyl (C=O) groups is 6. The van der Waals surface area contributed by atoms with Crippen molar-refractivity contribution in [2.75, 3.05) is 19.6 Å². The van der Waals surface area contributed by atoms with Crippen LogP contribution in [0.3, 0.4) is 0 Å². The normalized spacial score (nSPS) is 19.1. The van der Waals surface area contributed by atoms with Gasteiger partial charge in [0.05, 0.1) is 114 Å². The summed E-state index contributed by atoms with van der Waals surface area (Å²) < 4.78 is 15.8. The Labute approximate surface area is 575 Å². The molecule has 510 valence electrons. The Hall–Kier alpha value is -8.52. The average Bonchev–Trinajstić information content (AvgIpc) is 1.70. The lowest BCUT2D eigenvalue weighted by atomic mass is 9.87. The second-order valence-corrected chi connectivity index (χ2v) is 28.7. The number of carbonyl (C=O) groups excluding carboxylic acids is 6.